The molecule has 0 aliphatic heterocycles. The Morgan fingerprint density at radius 3 is 2.50 bits per heavy atom. The number of carbonyl (C=O) groups excluding carboxylic acids is 2. The highest BCUT2D eigenvalue weighted by Gasteiger charge is 2.22. The molecular weight excluding hydrogens is 386 g/mol. The summed E-state index contributed by atoms with van der Waals surface area (Å²) in [5.74, 6) is -1.11. The number of aromatic hydroxyl groups is 1. The Morgan fingerprint density at radius 1 is 1.00 bits per heavy atom. The molecule has 4 rings (SSSR count). The molecule has 0 saturated heterocycles. The van der Waals surface area contributed by atoms with Crippen molar-refractivity contribution in [2.24, 2.45) is 0 Å². The van der Waals surface area contributed by atoms with Gasteiger partial charge in [0.2, 0.25) is 0 Å². The normalized spacial score (nSPS) is 11.9. The predicted molar refractivity (Wildman–Crippen MR) is 112 cm³/mol. The number of phenolic OH excluding ortho intramolecular Hbond substituents is 1. The average Bonchev–Trinajstić information content (AvgIpc) is 3.10. The number of hydrogen-bond donors (Lipinski definition) is 2. The maximum Gasteiger partial charge on any atom is 0.342 e. The van der Waals surface area contributed by atoms with Gasteiger partial charge in [-0.3, -0.25) is 4.79 Å². The fourth-order valence-electron chi connectivity index (χ4n) is 3.18. The summed E-state index contributed by atoms with van der Waals surface area (Å²) in [6, 6.07) is 17.0. The lowest BCUT2D eigenvalue weighted by Crippen LogP contribution is -2.30. The number of fused-ring (bicyclic) bond motifs is 3. The van der Waals surface area contributed by atoms with E-state index < -0.39 is 18.0 Å². The highest BCUT2D eigenvalue weighted by Crippen LogP contribution is 2.36. The van der Waals surface area contributed by atoms with E-state index in [0.717, 1.165) is 16.4 Å². The van der Waals surface area contributed by atoms with E-state index >= 15 is 0 Å². The number of para-hydroxylation sites is 2. The van der Waals surface area contributed by atoms with Crippen molar-refractivity contribution in [1.29, 1.82) is 0 Å². The average molecular weight is 405 g/mol. The number of carbonyl (C=O) groups is 2. The summed E-state index contributed by atoms with van der Waals surface area (Å²) in [4.78, 5) is 24.8. The monoisotopic (exact) mass is 405 g/mol. The molecule has 0 bridgehead atoms. The lowest BCUT2D eigenvalue weighted by atomic mass is 10.1. The molecule has 30 heavy (non-hydrogen) atoms. The van der Waals surface area contributed by atoms with Gasteiger partial charge in [-0.1, -0.05) is 30.3 Å². The van der Waals surface area contributed by atoms with Crippen LogP contribution in [-0.2, 0) is 9.53 Å². The second-order valence-electron chi connectivity index (χ2n) is 6.70. The molecule has 0 aliphatic rings. The molecule has 0 aliphatic carbocycles. The fourth-order valence-corrected chi connectivity index (χ4v) is 3.18. The second-order valence-corrected chi connectivity index (χ2v) is 6.70. The molecule has 4 aromatic rings. The minimum Gasteiger partial charge on any atom is -0.507 e. The number of rotatable bonds is 5. The van der Waals surface area contributed by atoms with Gasteiger partial charge in [-0.05, 0) is 31.2 Å². The number of benzene rings is 3. The first-order chi connectivity index (χ1) is 14.5. The van der Waals surface area contributed by atoms with Gasteiger partial charge in [0.25, 0.3) is 5.91 Å². The summed E-state index contributed by atoms with van der Waals surface area (Å²) in [6.45, 7) is 1.44. The van der Waals surface area contributed by atoms with Gasteiger partial charge >= 0.3 is 5.97 Å². The van der Waals surface area contributed by atoms with Gasteiger partial charge in [0.05, 0.1) is 12.8 Å². The number of methoxy groups -OCH3 is 1. The van der Waals surface area contributed by atoms with Gasteiger partial charge in [0, 0.05) is 16.8 Å². The third kappa shape index (κ3) is 3.53. The van der Waals surface area contributed by atoms with Crippen molar-refractivity contribution < 1.29 is 28.6 Å². The highest BCUT2D eigenvalue weighted by atomic mass is 16.5. The first-order valence-electron chi connectivity index (χ1n) is 9.27. The Bertz CT molecular complexity index is 1260. The molecule has 152 valence electrons. The smallest absolute Gasteiger partial charge is 0.342 e. The van der Waals surface area contributed by atoms with Crippen LogP contribution in [0.5, 0.6) is 11.5 Å². The van der Waals surface area contributed by atoms with Crippen LogP contribution in [0.15, 0.2) is 65.1 Å². The molecule has 0 spiro atoms. The SMILES string of the molecule is COc1cc2c(cc1NC(=O)C(C)OC(=O)c1ccccc1O)oc1ccccc12. The van der Waals surface area contributed by atoms with Crippen LogP contribution in [0.2, 0.25) is 0 Å². The quantitative estimate of drug-likeness (QED) is 0.475. The van der Waals surface area contributed by atoms with Crippen LogP contribution in [0.25, 0.3) is 21.9 Å². The maximum absolute atomic E-state index is 12.6. The van der Waals surface area contributed by atoms with E-state index in [1.54, 1.807) is 24.3 Å². The topological polar surface area (TPSA) is 98.0 Å². The van der Waals surface area contributed by atoms with Crippen molar-refractivity contribution in [3.8, 4) is 11.5 Å². The van der Waals surface area contributed by atoms with Crippen LogP contribution in [0.1, 0.15) is 17.3 Å². The molecule has 1 unspecified atom stereocenters. The van der Waals surface area contributed by atoms with Crippen LogP contribution in [0.4, 0.5) is 5.69 Å². The molecule has 7 nitrogen and oxygen atoms in total. The van der Waals surface area contributed by atoms with Crippen molar-refractivity contribution in [3.63, 3.8) is 0 Å². The minimum absolute atomic E-state index is 0.0153. The van der Waals surface area contributed by atoms with Crippen LogP contribution in [0.3, 0.4) is 0 Å². The van der Waals surface area contributed by atoms with E-state index in [1.807, 2.05) is 24.3 Å². The molecule has 1 amide bonds. The van der Waals surface area contributed by atoms with Crippen LogP contribution >= 0.6 is 0 Å². The molecule has 2 N–H and O–H groups in total. The van der Waals surface area contributed by atoms with E-state index in [-0.39, 0.29) is 11.3 Å². The lowest BCUT2D eigenvalue weighted by Gasteiger charge is -2.15. The van der Waals surface area contributed by atoms with Gasteiger partial charge in [-0.15, -0.1) is 0 Å². The van der Waals surface area contributed by atoms with E-state index in [1.165, 1.54) is 26.2 Å². The van der Waals surface area contributed by atoms with Crippen molar-refractivity contribution in [2.45, 2.75) is 13.0 Å². The molecule has 0 fully saturated rings. The Balaban J connectivity index is 1.56. The molecule has 0 radical (unpaired) electrons. The van der Waals surface area contributed by atoms with Crippen LogP contribution in [-0.4, -0.2) is 30.2 Å². The number of esters is 1. The lowest BCUT2D eigenvalue weighted by molar-refractivity contribution is -0.123. The number of amides is 1. The molecule has 1 heterocycles. The maximum atomic E-state index is 12.6. The van der Waals surface area contributed by atoms with Gasteiger partial charge in [-0.2, -0.15) is 0 Å². The Kier molecular flexibility index (Phi) is 5.02. The number of phenols is 1. The zero-order chi connectivity index (χ0) is 21.3. The standard InChI is InChI=1S/C23H19NO6/c1-13(29-23(27)15-8-3-5-9-18(15)25)22(26)24-17-12-20-16(11-21(17)28-2)14-7-4-6-10-19(14)30-20/h3-13,25H,1-2H3,(H,24,26). The predicted octanol–water partition coefficient (Wildman–Crippen LogP) is 4.48. The van der Waals surface area contributed by atoms with Crippen molar-refractivity contribution in [3.05, 3.63) is 66.2 Å². The van der Waals surface area contributed by atoms with Crippen molar-refractivity contribution >= 4 is 39.5 Å². The zero-order valence-electron chi connectivity index (χ0n) is 16.3. The van der Waals surface area contributed by atoms with E-state index in [0.29, 0.717) is 17.0 Å². The molecule has 0 saturated carbocycles. The van der Waals surface area contributed by atoms with Gasteiger partial charge < -0.3 is 24.3 Å². The molecule has 1 atom stereocenters. The van der Waals surface area contributed by atoms with Gasteiger partial charge in [0.15, 0.2) is 6.10 Å². The number of hydrogen-bond acceptors (Lipinski definition) is 6. The Morgan fingerprint density at radius 2 is 1.73 bits per heavy atom. The first kappa shape index (κ1) is 19.3. The van der Waals surface area contributed by atoms with Crippen molar-refractivity contribution in [2.75, 3.05) is 12.4 Å². The van der Waals surface area contributed by atoms with Gasteiger partial charge in [-0.25, -0.2) is 4.79 Å². The summed E-state index contributed by atoms with van der Waals surface area (Å²) < 4.78 is 16.5. The summed E-state index contributed by atoms with van der Waals surface area (Å²) in [7, 11) is 1.50. The third-order valence-electron chi connectivity index (χ3n) is 4.73. The molecule has 7 heteroatoms. The fraction of sp³-hybridized carbons (Fsp3) is 0.130. The van der Waals surface area contributed by atoms with Crippen LogP contribution < -0.4 is 10.1 Å². The second kappa shape index (κ2) is 7.79. The first-order valence-corrected chi connectivity index (χ1v) is 9.27. The summed E-state index contributed by atoms with van der Waals surface area (Å²) >= 11 is 0. The largest absolute Gasteiger partial charge is 0.507 e. The highest BCUT2D eigenvalue weighted by molar-refractivity contribution is 6.08. The summed E-state index contributed by atoms with van der Waals surface area (Å²) in [5.41, 5.74) is 1.69. The van der Waals surface area contributed by atoms with Crippen molar-refractivity contribution in [1.82, 2.24) is 0 Å². The third-order valence-corrected chi connectivity index (χ3v) is 4.73. The Hall–Kier alpha value is -4.00. The zero-order valence-corrected chi connectivity index (χ0v) is 16.3. The minimum atomic E-state index is -1.10. The van der Waals surface area contributed by atoms with E-state index in [4.69, 9.17) is 13.9 Å². The van der Waals surface area contributed by atoms with Crippen LogP contribution in [0, 0.1) is 0 Å². The number of furan rings is 1. The Labute approximate surface area is 171 Å². The summed E-state index contributed by atoms with van der Waals surface area (Å²) in [5, 5.41) is 14.3. The summed E-state index contributed by atoms with van der Waals surface area (Å²) in [6.07, 6.45) is -1.10. The molecule has 1 aromatic heterocycles. The number of anilines is 1. The van der Waals surface area contributed by atoms with E-state index in [9.17, 15) is 14.7 Å². The number of nitrogens with one attached hydrogen (secondary N) is 1. The number of ether oxygens (including phenoxy) is 2. The van der Waals surface area contributed by atoms with Gasteiger partial charge in [0.1, 0.15) is 28.2 Å². The van der Waals surface area contributed by atoms with E-state index in [2.05, 4.69) is 5.32 Å². The molecular formula is C23H19NO6. The molecule has 3 aromatic carbocycles.